The molecule has 0 amide bonds. The molecule has 28 heavy (non-hydrogen) atoms. The average molecular weight is 437 g/mol. The maximum atomic E-state index is 12.6. The molecule has 0 aromatic carbocycles. The molecule has 1 aliphatic rings. The molecule has 1 saturated heterocycles. The maximum absolute atomic E-state index is 12.6. The van der Waals surface area contributed by atoms with Crippen LogP contribution in [0, 0.1) is 5.41 Å². The topological polar surface area (TPSA) is 137 Å². The van der Waals surface area contributed by atoms with E-state index >= 15 is 0 Å². The fraction of sp³-hybridized carbons (Fsp3) is 0.600. The van der Waals surface area contributed by atoms with Crippen molar-refractivity contribution >= 4 is 37.3 Å². The Bertz CT molecular complexity index is 750. The van der Waals surface area contributed by atoms with Crippen molar-refractivity contribution in [1.29, 1.82) is 0 Å². The normalized spacial score (nSPS) is 23.6. The van der Waals surface area contributed by atoms with Gasteiger partial charge in [-0.05, 0) is 17.6 Å². The second-order valence-electron chi connectivity index (χ2n) is 6.27. The van der Waals surface area contributed by atoms with E-state index in [-0.39, 0.29) is 24.5 Å². The van der Waals surface area contributed by atoms with Crippen molar-refractivity contribution < 1.29 is 46.7 Å². The van der Waals surface area contributed by atoms with Crippen LogP contribution < -0.4 is 0 Å². The quantitative estimate of drug-likeness (QED) is 0.337. The van der Waals surface area contributed by atoms with Gasteiger partial charge >= 0.3 is 19.9 Å². The first-order valence-electron chi connectivity index (χ1n) is 8.06. The molecule has 11 nitrogen and oxygen atoms in total. The largest absolute Gasteiger partial charge is 0.507 e. The first-order valence-corrected chi connectivity index (χ1v) is 10.3. The number of ether oxygens (including phenoxy) is 3. The van der Waals surface area contributed by atoms with Crippen LogP contribution in [0.2, 0.25) is 0 Å². The van der Waals surface area contributed by atoms with Crippen molar-refractivity contribution in [3.63, 3.8) is 0 Å². The molecule has 0 saturated carbocycles. The molecule has 13 heteroatoms. The monoisotopic (exact) mass is 437 g/mol. The number of hydrogen-bond acceptors (Lipinski definition) is 12. The number of Topliss-reactive ketones (excluding diaryl/α,β-unsaturated/α-hetero) is 1. The van der Waals surface area contributed by atoms with Crippen LogP contribution in [0.1, 0.15) is 29.9 Å². The molecule has 1 aromatic heterocycles. The lowest BCUT2D eigenvalue weighted by Gasteiger charge is -2.39. The fourth-order valence-electron chi connectivity index (χ4n) is 2.15. The minimum absolute atomic E-state index is 0.0959. The molecule has 1 unspecified atom stereocenters. The van der Waals surface area contributed by atoms with E-state index in [1.165, 1.54) is 12.3 Å². The zero-order valence-electron chi connectivity index (χ0n) is 15.4. The highest BCUT2D eigenvalue weighted by Crippen LogP contribution is 2.57. The number of rotatable bonds is 8. The van der Waals surface area contributed by atoms with Crippen molar-refractivity contribution in [3.05, 3.63) is 17.1 Å². The number of carbonyl (C=O) groups is 3. The van der Waals surface area contributed by atoms with Gasteiger partial charge in [-0.25, -0.2) is 23.1 Å². The van der Waals surface area contributed by atoms with Gasteiger partial charge in [0, 0.05) is 18.0 Å². The average Bonchev–Trinajstić information content (AvgIpc) is 3.18. The Morgan fingerprint density at radius 2 is 2.11 bits per heavy atom. The van der Waals surface area contributed by atoms with Crippen LogP contribution in [0.15, 0.2) is 12.3 Å². The lowest BCUT2D eigenvalue weighted by Crippen LogP contribution is -2.45. The molecular formula is C15H20NO10PS. The highest BCUT2D eigenvalue weighted by atomic mass is 32.1. The molecule has 156 valence electrons. The van der Waals surface area contributed by atoms with E-state index in [1.807, 2.05) is 0 Å². The highest BCUT2D eigenvalue weighted by molar-refractivity contribution is 7.48. The third kappa shape index (κ3) is 6.08. The van der Waals surface area contributed by atoms with E-state index in [2.05, 4.69) is 13.8 Å². The smallest absolute Gasteiger partial charge is 0.438 e. The molecule has 1 fully saturated rings. The number of phosphoric ester groups is 1. The molecule has 0 spiro atoms. The lowest BCUT2D eigenvalue weighted by atomic mass is 9.84. The van der Waals surface area contributed by atoms with Crippen LogP contribution in [0.3, 0.4) is 0 Å². The summed E-state index contributed by atoms with van der Waals surface area (Å²) in [5, 5.41) is 0. The number of methoxy groups -OCH3 is 1. The number of hydrogen-bond donors (Lipinski definition) is 0. The number of ketones is 1. The van der Waals surface area contributed by atoms with Crippen molar-refractivity contribution in [2.45, 2.75) is 26.4 Å². The van der Waals surface area contributed by atoms with E-state index < -0.39 is 44.0 Å². The Morgan fingerprint density at radius 3 is 2.75 bits per heavy atom. The zero-order valence-corrected chi connectivity index (χ0v) is 17.2. The predicted octanol–water partition coefficient (Wildman–Crippen LogP) is 2.57. The van der Waals surface area contributed by atoms with Gasteiger partial charge in [-0.3, -0.25) is 13.8 Å². The molecular weight excluding hydrogens is 417 g/mol. The van der Waals surface area contributed by atoms with Gasteiger partial charge in [0.1, 0.15) is 17.6 Å². The van der Waals surface area contributed by atoms with Crippen LogP contribution in [0.4, 0.5) is 4.79 Å². The van der Waals surface area contributed by atoms with Crippen molar-refractivity contribution in [3.8, 4) is 0 Å². The van der Waals surface area contributed by atoms with Gasteiger partial charge in [0.25, 0.3) is 0 Å². The molecule has 0 aliphatic carbocycles. The standard InChI is InChI=1S/C15H20NO10PS/c1-15(2)8-24-27(20,25-9-23-13(18)11-4-6-16-28-11)26-12(15)10(17)5-7-22-14(19)21-3/h4,6,12H,5,7-9H2,1-3H3/t12-,27?/m0/s1. The van der Waals surface area contributed by atoms with Gasteiger partial charge in [-0.1, -0.05) is 13.8 Å². The van der Waals surface area contributed by atoms with E-state index in [4.69, 9.17) is 18.3 Å². The van der Waals surface area contributed by atoms with Gasteiger partial charge in [0.15, 0.2) is 5.78 Å². The second kappa shape index (κ2) is 9.57. The van der Waals surface area contributed by atoms with Gasteiger partial charge in [-0.2, -0.15) is 0 Å². The number of nitrogens with zero attached hydrogens (tertiary/aromatic N) is 1. The molecule has 2 atom stereocenters. The van der Waals surface area contributed by atoms with Crippen LogP contribution in [-0.4, -0.2) is 55.5 Å². The Balaban J connectivity index is 1.89. The van der Waals surface area contributed by atoms with E-state index in [9.17, 15) is 18.9 Å². The summed E-state index contributed by atoms with van der Waals surface area (Å²) in [7, 11) is -2.99. The summed E-state index contributed by atoms with van der Waals surface area (Å²) in [4.78, 5) is 35.3. The molecule has 1 aromatic rings. The Labute approximate surface area is 165 Å². The maximum Gasteiger partial charge on any atom is 0.507 e. The summed E-state index contributed by atoms with van der Waals surface area (Å²) in [6, 6.07) is 1.45. The Hall–Kier alpha value is -1.85. The number of aromatic nitrogens is 1. The minimum Gasteiger partial charge on any atom is -0.438 e. The summed E-state index contributed by atoms with van der Waals surface area (Å²) in [6.45, 7) is 2.36. The van der Waals surface area contributed by atoms with Crippen LogP contribution >= 0.6 is 19.4 Å². The van der Waals surface area contributed by atoms with Crippen LogP contribution in [0.25, 0.3) is 0 Å². The Morgan fingerprint density at radius 1 is 1.36 bits per heavy atom. The summed E-state index contributed by atoms with van der Waals surface area (Å²) < 4.78 is 45.6. The van der Waals surface area contributed by atoms with E-state index in [0.29, 0.717) is 0 Å². The summed E-state index contributed by atoms with van der Waals surface area (Å²) >= 11 is 0.930. The number of phosphoric acid groups is 1. The lowest BCUT2D eigenvalue weighted by molar-refractivity contribution is -0.141. The second-order valence-corrected chi connectivity index (χ2v) is 8.72. The summed E-state index contributed by atoms with van der Waals surface area (Å²) in [6.07, 6.45) is -0.800. The molecule has 0 N–H and O–H groups in total. The first kappa shape index (κ1) is 22.4. The summed E-state index contributed by atoms with van der Waals surface area (Å²) in [5.74, 6) is -1.17. The van der Waals surface area contributed by atoms with Gasteiger partial charge < -0.3 is 14.2 Å². The summed E-state index contributed by atoms with van der Waals surface area (Å²) in [5.41, 5.74) is -0.807. The highest BCUT2D eigenvalue weighted by Gasteiger charge is 2.48. The zero-order chi connectivity index (χ0) is 20.8. The third-order valence-corrected chi connectivity index (χ3v) is 5.67. The molecule has 1 aliphatic heterocycles. The fourth-order valence-corrected chi connectivity index (χ4v) is 4.17. The van der Waals surface area contributed by atoms with E-state index in [1.54, 1.807) is 13.8 Å². The minimum atomic E-state index is -4.14. The van der Waals surface area contributed by atoms with Gasteiger partial charge in [-0.15, -0.1) is 0 Å². The van der Waals surface area contributed by atoms with Gasteiger partial charge in [0.2, 0.25) is 6.79 Å². The number of carbonyl (C=O) groups excluding carboxylic acids is 3. The third-order valence-electron chi connectivity index (χ3n) is 3.61. The van der Waals surface area contributed by atoms with Crippen LogP contribution in [-0.2, 0) is 37.1 Å². The number of esters is 1. The SMILES string of the molecule is COC(=O)OCCC(=O)[C@@H]1OP(=O)(OCOC(=O)c2ccns2)OCC1(C)C. The first-order chi connectivity index (χ1) is 13.2. The molecule has 0 radical (unpaired) electrons. The van der Waals surface area contributed by atoms with Crippen molar-refractivity contribution in [2.75, 3.05) is 27.1 Å². The Kier molecular flexibility index (Phi) is 7.67. The van der Waals surface area contributed by atoms with E-state index in [0.717, 1.165) is 18.6 Å². The molecule has 0 bridgehead atoms. The molecule has 2 rings (SSSR count). The predicted molar refractivity (Wildman–Crippen MR) is 93.7 cm³/mol. The van der Waals surface area contributed by atoms with Crippen molar-refractivity contribution in [1.82, 2.24) is 4.37 Å². The van der Waals surface area contributed by atoms with Gasteiger partial charge in [0.05, 0.1) is 13.7 Å². The van der Waals surface area contributed by atoms with Crippen LogP contribution in [0.5, 0.6) is 0 Å². The molecule has 2 heterocycles. The van der Waals surface area contributed by atoms with Crippen molar-refractivity contribution in [2.24, 2.45) is 5.41 Å².